The van der Waals surface area contributed by atoms with Gasteiger partial charge in [0.1, 0.15) is 12.6 Å². The zero-order chi connectivity index (χ0) is 26.7. The maximum atomic E-state index is 13.6. The van der Waals surface area contributed by atoms with Gasteiger partial charge in [-0.15, -0.1) is 0 Å². The summed E-state index contributed by atoms with van der Waals surface area (Å²) in [4.78, 5) is 27.9. The number of nitrogens with one attached hydrogen (secondary N) is 1. The summed E-state index contributed by atoms with van der Waals surface area (Å²) < 4.78 is 26.5. The van der Waals surface area contributed by atoms with Crippen molar-refractivity contribution in [3.63, 3.8) is 0 Å². The Morgan fingerprint density at radius 1 is 1.06 bits per heavy atom. The highest BCUT2D eigenvalue weighted by Gasteiger charge is 2.32. The van der Waals surface area contributed by atoms with Crippen molar-refractivity contribution < 1.29 is 18.0 Å². The SMILES string of the molecule is Cc1ccc(N(CC(=O)N(Cc2ccc(Cl)cc2Cl)[C@@H](C)C(=O)NC(C)(C)C)S(C)(=O)=O)c(C)c1. The first-order valence-electron chi connectivity index (χ1n) is 11.1. The third-order valence-corrected chi connectivity index (χ3v) is 7.03. The van der Waals surface area contributed by atoms with Crippen LogP contribution in [0.15, 0.2) is 36.4 Å². The maximum Gasteiger partial charge on any atom is 0.244 e. The molecule has 2 aromatic carbocycles. The molecule has 0 heterocycles. The number of halogens is 2. The van der Waals surface area contributed by atoms with Gasteiger partial charge in [0, 0.05) is 22.1 Å². The molecular weight excluding hydrogens is 509 g/mol. The van der Waals surface area contributed by atoms with E-state index in [0.717, 1.165) is 16.1 Å². The summed E-state index contributed by atoms with van der Waals surface area (Å²) in [6.07, 6.45) is 1.05. The van der Waals surface area contributed by atoms with E-state index in [4.69, 9.17) is 23.2 Å². The number of sulfonamides is 1. The topological polar surface area (TPSA) is 86.8 Å². The Hall–Kier alpha value is -2.29. The molecule has 7 nitrogen and oxygen atoms in total. The van der Waals surface area contributed by atoms with Crippen LogP contribution in [-0.4, -0.2) is 49.5 Å². The van der Waals surface area contributed by atoms with Gasteiger partial charge in [0.2, 0.25) is 21.8 Å². The van der Waals surface area contributed by atoms with Gasteiger partial charge in [-0.05, 0) is 70.9 Å². The van der Waals surface area contributed by atoms with Crippen LogP contribution in [-0.2, 0) is 26.2 Å². The Labute approximate surface area is 218 Å². The molecule has 0 spiro atoms. The molecule has 0 aromatic heterocycles. The van der Waals surface area contributed by atoms with Crippen molar-refractivity contribution in [2.75, 3.05) is 17.1 Å². The first kappa shape index (κ1) is 28.9. The van der Waals surface area contributed by atoms with E-state index in [1.165, 1.54) is 4.90 Å². The monoisotopic (exact) mass is 541 g/mol. The second-order valence-electron chi connectivity index (χ2n) is 9.73. The summed E-state index contributed by atoms with van der Waals surface area (Å²) in [6.45, 7) is 10.3. The molecule has 2 rings (SSSR count). The van der Waals surface area contributed by atoms with E-state index >= 15 is 0 Å². The Morgan fingerprint density at radius 3 is 2.20 bits per heavy atom. The molecule has 0 saturated carbocycles. The molecule has 0 radical (unpaired) electrons. The Kier molecular flexibility index (Phi) is 9.25. The van der Waals surface area contributed by atoms with E-state index in [9.17, 15) is 18.0 Å². The van der Waals surface area contributed by atoms with Gasteiger partial charge in [-0.2, -0.15) is 0 Å². The van der Waals surface area contributed by atoms with Crippen LogP contribution in [0.4, 0.5) is 5.69 Å². The number of anilines is 1. The molecule has 192 valence electrons. The summed E-state index contributed by atoms with van der Waals surface area (Å²) >= 11 is 12.4. The normalized spacial score (nSPS) is 12.7. The molecule has 2 amide bonds. The molecule has 35 heavy (non-hydrogen) atoms. The third kappa shape index (κ3) is 8.12. The minimum atomic E-state index is -3.80. The van der Waals surface area contributed by atoms with E-state index in [1.54, 1.807) is 44.2 Å². The highest BCUT2D eigenvalue weighted by Crippen LogP contribution is 2.26. The minimum absolute atomic E-state index is 0.00194. The predicted octanol–water partition coefficient (Wildman–Crippen LogP) is 4.71. The van der Waals surface area contributed by atoms with Crippen molar-refractivity contribution in [2.45, 2.75) is 59.7 Å². The van der Waals surface area contributed by atoms with Gasteiger partial charge in [-0.3, -0.25) is 13.9 Å². The fraction of sp³-hybridized carbons (Fsp3) is 0.440. The van der Waals surface area contributed by atoms with Crippen LogP contribution in [0, 0.1) is 13.8 Å². The molecular formula is C25H33Cl2N3O4S. The van der Waals surface area contributed by atoms with Crippen LogP contribution in [0.25, 0.3) is 0 Å². The largest absolute Gasteiger partial charge is 0.350 e. The van der Waals surface area contributed by atoms with Gasteiger partial charge in [0.05, 0.1) is 11.9 Å². The fourth-order valence-electron chi connectivity index (χ4n) is 3.57. The number of carbonyl (C=O) groups excluding carboxylic acids is 2. The minimum Gasteiger partial charge on any atom is -0.350 e. The van der Waals surface area contributed by atoms with Gasteiger partial charge >= 0.3 is 0 Å². The number of aryl methyl sites for hydroxylation is 2. The van der Waals surface area contributed by atoms with Crippen LogP contribution in [0.2, 0.25) is 10.0 Å². The van der Waals surface area contributed by atoms with Gasteiger partial charge in [-0.1, -0.05) is 47.0 Å². The lowest BCUT2D eigenvalue weighted by atomic mass is 10.1. The first-order chi connectivity index (χ1) is 16.0. The fourth-order valence-corrected chi connectivity index (χ4v) is 4.95. The lowest BCUT2D eigenvalue weighted by Crippen LogP contribution is -2.54. The average Bonchev–Trinajstić information content (AvgIpc) is 2.69. The van der Waals surface area contributed by atoms with Crippen LogP contribution < -0.4 is 9.62 Å². The summed E-state index contributed by atoms with van der Waals surface area (Å²) in [6, 6.07) is 9.29. The van der Waals surface area contributed by atoms with Gasteiger partial charge in [-0.25, -0.2) is 8.42 Å². The number of hydrogen-bond donors (Lipinski definition) is 1. The van der Waals surface area contributed by atoms with Gasteiger partial charge < -0.3 is 10.2 Å². The summed E-state index contributed by atoms with van der Waals surface area (Å²) in [5.41, 5.74) is 2.15. The molecule has 0 aliphatic heterocycles. The van der Waals surface area contributed by atoms with Crippen LogP contribution in [0.3, 0.4) is 0 Å². The molecule has 0 unspecified atom stereocenters. The lowest BCUT2D eigenvalue weighted by Gasteiger charge is -2.33. The smallest absolute Gasteiger partial charge is 0.244 e. The number of nitrogens with zero attached hydrogens (tertiary/aromatic N) is 2. The van der Waals surface area contributed by atoms with Gasteiger partial charge in [0.25, 0.3) is 0 Å². The van der Waals surface area contributed by atoms with Crippen molar-refractivity contribution in [1.29, 1.82) is 0 Å². The van der Waals surface area contributed by atoms with Crippen molar-refractivity contribution in [2.24, 2.45) is 0 Å². The molecule has 0 aliphatic rings. The number of benzene rings is 2. The maximum absolute atomic E-state index is 13.6. The van der Waals surface area contributed by atoms with Crippen molar-refractivity contribution in [3.8, 4) is 0 Å². The zero-order valence-electron chi connectivity index (χ0n) is 21.1. The number of rotatable bonds is 8. The predicted molar refractivity (Wildman–Crippen MR) is 142 cm³/mol. The molecule has 10 heteroatoms. The molecule has 1 N–H and O–H groups in total. The quantitative estimate of drug-likeness (QED) is 0.524. The molecule has 2 aromatic rings. The van der Waals surface area contributed by atoms with E-state index in [-0.39, 0.29) is 12.5 Å². The lowest BCUT2D eigenvalue weighted by molar-refractivity contribution is -0.140. The molecule has 0 bridgehead atoms. The Morgan fingerprint density at radius 2 is 1.69 bits per heavy atom. The van der Waals surface area contributed by atoms with Gasteiger partial charge in [0.15, 0.2) is 0 Å². The molecule has 1 atom stereocenters. The molecule has 0 aliphatic carbocycles. The summed E-state index contributed by atoms with van der Waals surface area (Å²) in [5, 5.41) is 3.65. The van der Waals surface area contributed by atoms with E-state index in [0.29, 0.717) is 26.9 Å². The highest BCUT2D eigenvalue weighted by atomic mass is 35.5. The second kappa shape index (κ2) is 11.2. The first-order valence-corrected chi connectivity index (χ1v) is 13.7. The van der Waals surface area contributed by atoms with Crippen molar-refractivity contribution in [3.05, 3.63) is 63.1 Å². The average molecular weight is 543 g/mol. The summed E-state index contributed by atoms with van der Waals surface area (Å²) in [5.74, 6) is -0.911. The number of amides is 2. The standard InChI is InChI=1S/C25H33Cl2N3O4S/c1-16-8-11-22(17(2)12-16)30(35(7,33)34)15-23(31)29(18(3)24(32)28-25(4,5)6)14-19-9-10-20(26)13-21(19)27/h8-13,18H,14-15H2,1-7H3,(H,28,32)/t18-/m0/s1. The number of hydrogen-bond acceptors (Lipinski definition) is 4. The highest BCUT2D eigenvalue weighted by molar-refractivity contribution is 7.92. The van der Waals surface area contributed by atoms with E-state index < -0.39 is 34.1 Å². The van der Waals surface area contributed by atoms with Crippen molar-refractivity contribution in [1.82, 2.24) is 10.2 Å². The second-order valence-corrected chi connectivity index (χ2v) is 12.5. The van der Waals surface area contributed by atoms with Crippen molar-refractivity contribution >= 4 is 50.7 Å². The van der Waals surface area contributed by atoms with E-state index in [1.807, 2.05) is 33.8 Å². The van der Waals surface area contributed by atoms with Crippen LogP contribution >= 0.6 is 23.2 Å². The Balaban J connectivity index is 2.47. The zero-order valence-corrected chi connectivity index (χ0v) is 23.5. The summed E-state index contributed by atoms with van der Waals surface area (Å²) in [7, 11) is -3.80. The van der Waals surface area contributed by atoms with E-state index in [2.05, 4.69) is 5.32 Å². The molecule has 0 saturated heterocycles. The third-order valence-electron chi connectivity index (χ3n) is 5.32. The van der Waals surface area contributed by atoms with Crippen LogP contribution in [0.1, 0.15) is 44.4 Å². The van der Waals surface area contributed by atoms with Crippen LogP contribution in [0.5, 0.6) is 0 Å². The Bertz CT molecular complexity index is 1210. The molecule has 0 fully saturated rings. The number of carbonyl (C=O) groups is 2.